The predicted molar refractivity (Wildman–Crippen MR) is 87.2 cm³/mol. The van der Waals surface area contributed by atoms with Gasteiger partial charge in [-0.1, -0.05) is 12.1 Å². The fourth-order valence-electron chi connectivity index (χ4n) is 2.10. The maximum atomic E-state index is 11.8. The molecule has 0 bridgehead atoms. The Kier molecular flexibility index (Phi) is 8.71. The maximum Gasteiger partial charge on any atom is 0.326 e. The number of methoxy groups -OCH3 is 1. The molecule has 1 rings (SSSR count). The molecule has 0 heterocycles. The lowest BCUT2D eigenvalue weighted by atomic mass is 10.1. The number of benzene rings is 1. The fourth-order valence-corrected chi connectivity index (χ4v) is 2.10. The van der Waals surface area contributed by atoms with E-state index in [9.17, 15) is 9.59 Å². The highest BCUT2D eigenvalue weighted by atomic mass is 16.5. The normalized spacial score (nSPS) is 11.7. The molecule has 1 amide bonds. The molecule has 1 aromatic carbocycles. The number of nitrogens with two attached hydrogens (primary N) is 1. The minimum absolute atomic E-state index is 0.0535. The van der Waals surface area contributed by atoms with Gasteiger partial charge in [0, 0.05) is 6.54 Å². The lowest BCUT2D eigenvalue weighted by molar-refractivity contribution is -0.141. The summed E-state index contributed by atoms with van der Waals surface area (Å²) in [6, 6.07) is 6.63. The number of carboxylic acids is 1. The Balaban J connectivity index is 2.35. The number of hydrogen-bond donors (Lipinski definition) is 4. The van der Waals surface area contributed by atoms with Crippen molar-refractivity contribution < 1.29 is 19.4 Å². The van der Waals surface area contributed by atoms with Crippen molar-refractivity contribution in [3.63, 3.8) is 0 Å². The lowest BCUT2D eigenvalue weighted by Gasteiger charge is -2.14. The van der Waals surface area contributed by atoms with Crippen molar-refractivity contribution in [2.24, 2.45) is 5.73 Å². The van der Waals surface area contributed by atoms with Crippen molar-refractivity contribution in [3.8, 4) is 5.75 Å². The van der Waals surface area contributed by atoms with E-state index in [2.05, 4.69) is 10.6 Å². The van der Waals surface area contributed by atoms with Gasteiger partial charge in [-0.25, -0.2) is 4.79 Å². The molecule has 0 saturated carbocycles. The summed E-state index contributed by atoms with van der Waals surface area (Å²) < 4.78 is 5.13. The van der Waals surface area contributed by atoms with Crippen LogP contribution in [0.2, 0.25) is 0 Å². The maximum absolute atomic E-state index is 11.8. The molecule has 0 aliphatic carbocycles. The summed E-state index contributed by atoms with van der Waals surface area (Å²) in [4.78, 5) is 22.9. The van der Waals surface area contributed by atoms with Gasteiger partial charge in [0.1, 0.15) is 11.8 Å². The largest absolute Gasteiger partial charge is 0.497 e. The quantitative estimate of drug-likeness (QED) is 0.441. The number of rotatable bonds is 11. The molecule has 128 valence electrons. The summed E-state index contributed by atoms with van der Waals surface area (Å²) in [5.74, 6) is -0.615. The molecular weight excluding hydrogens is 298 g/mol. The minimum Gasteiger partial charge on any atom is -0.497 e. The molecular formula is C16H25N3O4. The Bertz CT molecular complexity index is 508. The third-order valence-corrected chi connectivity index (χ3v) is 3.33. The number of ether oxygens (including phenoxy) is 1. The van der Waals surface area contributed by atoms with Crippen LogP contribution >= 0.6 is 0 Å². The van der Waals surface area contributed by atoms with Crippen LogP contribution in [0, 0.1) is 0 Å². The summed E-state index contributed by atoms with van der Waals surface area (Å²) >= 11 is 0. The monoisotopic (exact) mass is 323 g/mol. The molecule has 0 aliphatic rings. The van der Waals surface area contributed by atoms with Crippen LogP contribution in [-0.2, 0) is 16.1 Å². The van der Waals surface area contributed by atoms with Crippen LogP contribution in [0.15, 0.2) is 24.3 Å². The van der Waals surface area contributed by atoms with Gasteiger partial charge in [-0.15, -0.1) is 0 Å². The first-order chi connectivity index (χ1) is 11.1. The van der Waals surface area contributed by atoms with Gasteiger partial charge in [0.25, 0.3) is 0 Å². The molecule has 1 atom stereocenters. The highest BCUT2D eigenvalue weighted by molar-refractivity contribution is 5.84. The Morgan fingerprint density at radius 3 is 2.78 bits per heavy atom. The first kappa shape index (κ1) is 18.9. The smallest absolute Gasteiger partial charge is 0.326 e. The third-order valence-electron chi connectivity index (χ3n) is 3.33. The Morgan fingerprint density at radius 2 is 2.13 bits per heavy atom. The fraction of sp³-hybridized carbons (Fsp3) is 0.500. The molecule has 7 heteroatoms. The van der Waals surface area contributed by atoms with Gasteiger partial charge in [-0.05, 0) is 43.5 Å². The predicted octanol–water partition coefficient (Wildman–Crippen LogP) is 0.483. The third kappa shape index (κ3) is 7.62. The van der Waals surface area contributed by atoms with E-state index in [1.165, 1.54) is 0 Å². The molecule has 0 aliphatic heterocycles. The molecule has 5 N–H and O–H groups in total. The van der Waals surface area contributed by atoms with E-state index in [1.807, 2.05) is 24.3 Å². The Labute approximate surface area is 136 Å². The zero-order valence-corrected chi connectivity index (χ0v) is 13.4. The molecule has 0 unspecified atom stereocenters. The molecule has 0 fully saturated rings. The first-order valence-electron chi connectivity index (χ1n) is 7.62. The highest BCUT2D eigenvalue weighted by Crippen LogP contribution is 2.11. The van der Waals surface area contributed by atoms with Gasteiger partial charge < -0.3 is 26.2 Å². The molecule has 1 aromatic rings. The summed E-state index contributed by atoms with van der Waals surface area (Å²) in [7, 11) is 1.59. The standard InChI is InChI=1S/C16H25N3O4/c1-23-13-6-4-5-12(9-13)10-18-11-15(20)19-14(16(21)22)7-2-3-8-17/h4-6,9,14,18H,2-3,7-8,10-11,17H2,1H3,(H,19,20)(H,21,22)/t14-/m0/s1. The van der Waals surface area contributed by atoms with E-state index in [0.717, 1.165) is 17.7 Å². The second kappa shape index (κ2) is 10.6. The zero-order valence-electron chi connectivity index (χ0n) is 13.4. The number of nitrogens with one attached hydrogen (secondary N) is 2. The molecule has 0 saturated heterocycles. The molecule has 0 radical (unpaired) electrons. The molecule has 7 nitrogen and oxygen atoms in total. The van der Waals surface area contributed by atoms with Crippen LogP contribution in [0.25, 0.3) is 0 Å². The first-order valence-corrected chi connectivity index (χ1v) is 7.62. The number of aliphatic carboxylic acids is 1. The van der Waals surface area contributed by atoms with E-state index >= 15 is 0 Å². The number of carboxylic acid groups (broad SMARTS) is 1. The topological polar surface area (TPSA) is 114 Å². The van der Waals surface area contributed by atoms with Gasteiger partial charge in [0.05, 0.1) is 13.7 Å². The van der Waals surface area contributed by atoms with Crippen LogP contribution in [0.4, 0.5) is 0 Å². The van der Waals surface area contributed by atoms with E-state index in [0.29, 0.717) is 25.9 Å². The van der Waals surface area contributed by atoms with Gasteiger partial charge in [0.15, 0.2) is 0 Å². The van der Waals surface area contributed by atoms with Crippen molar-refractivity contribution in [2.45, 2.75) is 31.8 Å². The zero-order chi connectivity index (χ0) is 17.1. The summed E-state index contributed by atoms with van der Waals surface area (Å²) in [5, 5.41) is 14.6. The minimum atomic E-state index is -1.02. The Hall–Kier alpha value is -2.12. The summed E-state index contributed by atoms with van der Waals surface area (Å²) in [6.45, 7) is 1.07. The van der Waals surface area contributed by atoms with Gasteiger partial charge in [0.2, 0.25) is 5.91 Å². The van der Waals surface area contributed by atoms with Crippen LogP contribution in [0.3, 0.4) is 0 Å². The van der Waals surface area contributed by atoms with Crippen molar-refractivity contribution >= 4 is 11.9 Å². The summed E-state index contributed by atoms with van der Waals surface area (Å²) in [6.07, 6.45) is 1.80. The van der Waals surface area contributed by atoms with E-state index in [4.69, 9.17) is 15.6 Å². The van der Waals surface area contributed by atoms with Crippen molar-refractivity contribution in [3.05, 3.63) is 29.8 Å². The van der Waals surface area contributed by atoms with Gasteiger partial charge in [-0.2, -0.15) is 0 Å². The molecule has 0 spiro atoms. The van der Waals surface area contributed by atoms with Gasteiger partial charge in [-0.3, -0.25) is 4.79 Å². The molecule has 23 heavy (non-hydrogen) atoms. The second-order valence-electron chi connectivity index (χ2n) is 5.20. The SMILES string of the molecule is COc1cccc(CNCC(=O)N[C@@H](CCCCN)C(=O)O)c1. The average Bonchev–Trinajstić information content (AvgIpc) is 2.54. The van der Waals surface area contributed by atoms with Gasteiger partial charge >= 0.3 is 5.97 Å². The van der Waals surface area contributed by atoms with Crippen molar-refractivity contribution in [1.82, 2.24) is 10.6 Å². The number of carbonyl (C=O) groups excluding carboxylic acids is 1. The second-order valence-corrected chi connectivity index (χ2v) is 5.20. The number of hydrogen-bond acceptors (Lipinski definition) is 5. The average molecular weight is 323 g/mol. The van der Waals surface area contributed by atoms with E-state index < -0.39 is 12.0 Å². The van der Waals surface area contributed by atoms with Crippen LogP contribution in [0.1, 0.15) is 24.8 Å². The van der Waals surface area contributed by atoms with Crippen molar-refractivity contribution in [1.29, 1.82) is 0 Å². The molecule has 0 aromatic heterocycles. The highest BCUT2D eigenvalue weighted by Gasteiger charge is 2.18. The number of amides is 1. The van der Waals surface area contributed by atoms with Crippen LogP contribution in [-0.4, -0.2) is 43.2 Å². The summed E-state index contributed by atoms with van der Waals surface area (Å²) in [5.41, 5.74) is 6.36. The van der Waals surface area contributed by atoms with Crippen LogP contribution < -0.4 is 21.1 Å². The van der Waals surface area contributed by atoms with Crippen LogP contribution in [0.5, 0.6) is 5.75 Å². The van der Waals surface area contributed by atoms with E-state index in [1.54, 1.807) is 7.11 Å². The number of carbonyl (C=O) groups is 2. The van der Waals surface area contributed by atoms with Crippen molar-refractivity contribution in [2.75, 3.05) is 20.2 Å². The van der Waals surface area contributed by atoms with E-state index in [-0.39, 0.29) is 12.5 Å². The lowest BCUT2D eigenvalue weighted by Crippen LogP contribution is -2.44. The Morgan fingerprint density at radius 1 is 1.35 bits per heavy atom. The number of unbranched alkanes of at least 4 members (excludes halogenated alkanes) is 1.